The highest BCUT2D eigenvalue weighted by molar-refractivity contribution is 5.79. The molecule has 0 spiro atoms. The maximum Gasteiger partial charge on any atom is 0.227 e. The highest BCUT2D eigenvalue weighted by Crippen LogP contribution is 2.27. The topological polar surface area (TPSA) is 29.5 Å². The number of hydrogen-bond acceptors (Lipinski definition) is 2. The summed E-state index contributed by atoms with van der Waals surface area (Å²) < 4.78 is 20.3. The van der Waals surface area contributed by atoms with Gasteiger partial charge in [-0.05, 0) is 44.9 Å². The van der Waals surface area contributed by atoms with Gasteiger partial charge in [-0.2, -0.15) is 0 Å². The Morgan fingerprint density at radius 3 is 2.67 bits per heavy atom. The number of carbonyl (C=O) groups excluding carboxylic acids is 1. The molecule has 1 unspecified atom stereocenters. The van der Waals surface area contributed by atoms with E-state index in [1.165, 1.54) is 0 Å². The van der Waals surface area contributed by atoms with E-state index in [-0.39, 0.29) is 24.1 Å². The van der Waals surface area contributed by atoms with Crippen LogP contribution in [0.25, 0.3) is 0 Å². The SMILES string of the molecule is Cc1ccc(Oc2cccc(CC(=O)N3CCCC3C)c2F)cc1. The van der Waals surface area contributed by atoms with E-state index in [2.05, 4.69) is 0 Å². The van der Waals surface area contributed by atoms with Gasteiger partial charge in [-0.3, -0.25) is 4.79 Å². The normalized spacial score (nSPS) is 17.1. The number of amides is 1. The molecule has 1 atom stereocenters. The molecule has 1 heterocycles. The summed E-state index contributed by atoms with van der Waals surface area (Å²) in [5.41, 5.74) is 1.49. The Balaban J connectivity index is 1.75. The minimum Gasteiger partial charge on any atom is -0.454 e. The lowest BCUT2D eigenvalue weighted by Crippen LogP contribution is -2.34. The van der Waals surface area contributed by atoms with Gasteiger partial charge in [0.1, 0.15) is 5.75 Å². The third-order valence-corrected chi connectivity index (χ3v) is 4.51. The summed E-state index contributed by atoms with van der Waals surface area (Å²) >= 11 is 0. The number of rotatable bonds is 4. The number of nitrogens with zero attached hydrogens (tertiary/aromatic N) is 1. The first-order valence-electron chi connectivity index (χ1n) is 8.36. The van der Waals surface area contributed by atoms with Crippen LogP contribution in [0.1, 0.15) is 30.9 Å². The number of likely N-dealkylation sites (tertiary alicyclic amines) is 1. The summed E-state index contributed by atoms with van der Waals surface area (Å²) in [6.45, 7) is 4.79. The summed E-state index contributed by atoms with van der Waals surface area (Å²) in [7, 11) is 0. The van der Waals surface area contributed by atoms with E-state index in [1.807, 2.05) is 30.9 Å². The molecule has 1 aliphatic heterocycles. The zero-order valence-corrected chi connectivity index (χ0v) is 14.1. The third kappa shape index (κ3) is 3.58. The number of benzene rings is 2. The fraction of sp³-hybridized carbons (Fsp3) is 0.350. The van der Waals surface area contributed by atoms with Crippen LogP contribution in [0.4, 0.5) is 4.39 Å². The second-order valence-corrected chi connectivity index (χ2v) is 6.40. The van der Waals surface area contributed by atoms with Crippen molar-refractivity contribution >= 4 is 5.91 Å². The van der Waals surface area contributed by atoms with Crippen molar-refractivity contribution in [1.82, 2.24) is 4.90 Å². The van der Waals surface area contributed by atoms with E-state index in [4.69, 9.17) is 4.74 Å². The van der Waals surface area contributed by atoms with Crippen molar-refractivity contribution in [1.29, 1.82) is 0 Å². The minimum absolute atomic E-state index is 0.0219. The zero-order valence-electron chi connectivity index (χ0n) is 14.1. The van der Waals surface area contributed by atoms with Gasteiger partial charge in [-0.15, -0.1) is 0 Å². The number of aryl methyl sites for hydroxylation is 1. The molecular weight excluding hydrogens is 305 g/mol. The molecule has 1 fully saturated rings. The van der Waals surface area contributed by atoms with Gasteiger partial charge >= 0.3 is 0 Å². The molecule has 126 valence electrons. The van der Waals surface area contributed by atoms with Gasteiger partial charge in [0.15, 0.2) is 11.6 Å². The van der Waals surface area contributed by atoms with Crippen LogP contribution < -0.4 is 4.74 Å². The van der Waals surface area contributed by atoms with Gasteiger partial charge in [0.05, 0.1) is 6.42 Å². The van der Waals surface area contributed by atoms with Gasteiger partial charge in [-0.1, -0.05) is 29.8 Å². The minimum atomic E-state index is -0.460. The molecule has 1 saturated heterocycles. The van der Waals surface area contributed by atoms with E-state index in [9.17, 15) is 9.18 Å². The predicted molar refractivity (Wildman–Crippen MR) is 91.8 cm³/mol. The quantitative estimate of drug-likeness (QED) is 0.828. The van der Waals surface area contributed by atoms with Crippen LogP contribution in [0.15, 0.2) is 42.5 Å². The molecule has 0 aliphatic carbocycles. The largest absolute Gasteiger partial charge is 0.454 e. The summed E-state index contributed by atoms with van der Waals surface area (Å²) in [6.07, 6.45) is 2.11. The molecule has 1 amide bonds. The lowest BCUT2D eigenvalue weighted by molar-refractivity contribution is -0.131. The third-order valence-electron chi connectivity index (χ3n) is 4.51. The fourth-order valence-corrected chi connectivity index (χ4v) is 3.07. The van der Waals surface area contributed by atoms with E-state index in [0.717, 1.165) is 24.9 Å². The molecule has 0 aromatic heterocycles. The van der Waals surface area contributed by atoms with Crippen molar-refractivity contribution in [2.45, 2.75) is 39.2 Å². The maximum atomic E-state index is 14.7. The molecule has 24 heavy (non-hydrogen) atoms. The average Bonchev–Trinajstić information content (AvgIpc) is 2.99. The first-order valence-corrected chi connectivity index (χ1v) is 8.36. The second kappa shape index (κ2) is 7.04. The molecule has 2 aromatic carbocycles. The Hall–Kier alpha value is -2.36. The first-order chi connectivity index (χ1) is 11.5. The van der Waals surface area contributed by atoms with Crippen molar-refractivity contribution in [3.05, 3.63) is 59.4 Å². The van der Waals surface area contributed by atoms with Crippen molar-refractivity contribution in [2.75, 3.05) is 6.54 Å². The molecule has 0 saturated carbocycles. The maximum absolute atomic E-state index is 14.7. The highest BCUT2D eigenvalue weighted by Gasteiger charge is 2.26. The van der Waals surface area contributed by atoms with Gasteiger partial charge in [-0.25, -0.2) is 4.39 Å². The summed E-state index contributed by atoms with van der Waals surface area (Å²) in [5, 5.41) is 0. The van der Waals surface area contributed by atoms with Crippen molar-refractivity contribution < 1.29 is 13.9 Å². The van der Waals surface area contributed by atoms with Crippen LogP contribution in [0, 0.1) is 12.7 Å². The van der Waals surface area contributed by atoms with E-state index >= 15 is 0 Å². The van der Waals surface area contributed by atoms with Crippen LogP contribution in [0.5, 0.6) is 11.5 Å². The van der Waals surface area contributed by atoms with Crippen LogP contribution in [0.3, 0.4) is 0 Å². The molecule has 3 nitrogen and oxygen atoms in total. The smallest absolute Gasteiger partial charge is 0.227 e. The Morgan fingerprint density at radius 1 is 1.25 bits per heavy atom. The van der Waals surface area contributed by atoms with E-state index in [1.54, 1.807) is 30.3 Å². The fourth-order valence-electron chi connectivity index (χ4n) is 3.07. The van der Waals surface area contributed by atoms with Crippen LogP contribution in [0.2, 0.25) is 0 Å². The summed E-state index contributed by atoms with van der Waals surface area (Å²) in [4.78, 5) is 14.2. The molecule has 1 aliphatic rings. The van der Waals surface area contributed by atoms with Gasteiger partial charge in [0.2, 0.25) is 5.91 Å². The monoisotopic (exact) mass is 327 g/mol. The van der Waals surface area contributed by atoms with E-state index < -0.39 is 5.82 Å². The lowest BCUT2D eigenvalue weighted by Gasteiger charge is -2.21. The van der Waals surface area contributed by atoms with Crippen molar-refractivity contribution in [3.63, 3.8) is 0 Å². The standard InChI is InChI=1S/C20H22FNO2/c1-14-8-10-17(11-9-14)24-18-7-3-6-16(20(18)21)13-19(23)22-12-4-5-15(22)2/h3,6-11,15H,4-5,12-13H2,1-2H3. The molecule has 0 radical (unpaired) electrons. The first kappa shape index (κ1) is 16.5. The summed E-state index contributed by atoms with van der Waals surface area (Å²) in [5.74, 6) is 0.249. The van der Waals surface area contributed by atoms with E-state index in [0.29, 0.717) is 11.3 Å². The molecule has 0 N–H and O–H groups in total. The Labute approximate surface area is 142 Å². The zero-order chi connectivity index (χ0) is 17.1. The average molecular weight is 327 g/mol. The molecule has 3 rings (SSSR count). The van der Waals surface area contributed by atoms with Gasteiger partial charge in [0.25, 0.3) is 0 Å². The Morgan fingerprint density at radius 2 is 2.00 bits per heavy atom. The molecule has 0 bridgehead atoms. The Kier molecular flexibility index (Phi) is 4.84. The summed E-state index contributed by atoms with van der Waals surface area (Å²) in [6, 6.07) is 12.6. The number of carbonyl (C=O) groups is 1. The van der Waals surface area contributed by atoms with Crippen LogP contribution in [-0.2, 0) is 11.2 Å². The molecule has 4 heteroatoms. The predicted octanol–water partition coefficient (Wildman–Crippen LogP) is 4.48. The van der Waals surface area contributed by atoms with Crippen LogP contribution in [-0.4, -0.2) is 23.4 Å². The van der Waals surface area contributed by atoms with Crippen LogP contribution >= 0.6 is 0 Å². The number of hydrogen-bond donors (Lipinski definition) is 0. The molecular formula is C20H22FNO2. The number of halogens is 1. The van der Waals surface area contributed by atoms with Gasteiger partial charge < -0.3 is 9.64 Å². The lowest BCUT2D eigenvalue weighted by atomic mass is 10.1. The Bertz CT molecular complexity index is 727. The highest BCUT2D eigenvalue weighted by atomic mass is 19.1. The van der Waals surface area contributed by atoms with Gasteiger partial charge in [0, 0.05) is 18.2 Å². The molecule has 2 aromatic rings. The van der Waals surface area contributed by atoms with Crippen molar-refractivity contribution in [2.24, 2.45) is 0 Å². The van der Waals surface area contributed by atoms with Crippen molar-refractivity contribution in [3.8, 4) is 11.5 Å². The second-order valence-electron chi connectivity index (χ2n) is 6.40. The number of ether oxygens (including phenoxy) is 1.